The van der Waals surface area contributed by atoms with Crippen LogP contribution in [0.1, 0.15) is 38.3 Å². The van der Waals surface area contributed by atoms with Crippen LogP contribution in [0.2, 0.25) is 0 Å². The maximum Gasteiger partial charge on any atom is 0.274 e. The van der Waals surface area contributed by atoms with Crippen molar-refractivity contribution in [2.24, 2.45) is 10.9 Å². The fraction of sp³-hybridized carbons (Fsp3) is 0.333. The van der Waals surface area contributed by atoms with Gasteiger partial charge in [0.1, 0.15) is 18.4 Å². The van der Waals surface area contributed by atoms with Crippen molar-refractivity contribution in [1.82, 2.24) is 14.8 Å². The molecule has 24 heavy (non-hydrogen) atoms. The topological polar surface area (TPSA) is 72.2 Å². The molecule has 3 rings (SSSR count). The molecule has 1 aromatic carbocycles. The van der Waals surface area contributed by atoms with Crippen LogP contribution >= 0.6 is 0 Å². The van der Waals surface area contributed by atoms with Gasteiger partial charge >= 0.3 is 0 Å². The highest BCUT2D eigenvalue weighted by Crippen LogP contribution is 2.31. The minimum Gasteiger partial charge on any atom is -0.321 e. The van der Waals surface area contributed by atoms with Gasteiger partial charge in [0.2, 0.25) is 0 Å². The molecular formula is C18H21N5O. The van der Waals surface area contributed by atoms with Gasteiger partial charge < -0.3 is 5.32 Å². The van der Waals surface area contributed by atoms with Crippen molar-refractivity contribution >= 4 is 17.3 Å². The number of carbonyl (C=O) groups is 1. The van der Waals surface area contributed by atoms with E-state index in [1.54, 1.807) is 24.9 Å². The van der Waals surface area contributed by atoms with Crippen molar-refractivity contribution in [2.75, 3.05) is 5.32 Å². The van der Waals surface area contributed by atoms with Crippen molar-refractivity contribution in [3.63, 3.8) is 0 Å². The SMILES string of the molecule is CCC(CC)C(c1ccc(NC(=O)C2=NC=C2)cc1)n1cncn1. The van der Waals surface area contributed by atoms with E-state index in [0.717, 1.165) is 24.1 Å². The average molecular weight is 323 g/mol. The second-order valence-corrected chi connectivity index (χ2v) is 5.80. The summed E-state index contributed by atoms with van der Waals surface area (Å²) in [5.41, 5.74) is 2.37. The minimum atomic E-state index is -0.182. The van der Waals surface area contributed by atoms with Crippen LogP contribution in [-0.2, 0) is 4.79 Å². The summed E-state index contributed by atoms with van der Waals surface area (Å²) in [6, 6.07) is 8.06. The Balaban J connectivity index is 1.79. The van der Waals surface area contributed by atoms with Gasteiger partial charge in [-0.15, -0.1) is 0 Å². The molecule has 1 unspecified atom stereocenters. The fourth-order valence-corrected chi connectivity index (χ4v) is 2.98. The summed E-state index contributed by atoms with van der Waals surface area (Å²) in [4.78, 5) is 19.9. The molecule has 0 spiro atoms. The molecule has 1 aliphatic rings. The molecule has 0 aliphatic carbocycles. The predicted octanol–water partition coefficient (Wildman–Crippen LogP) is 3.21. The second kappa shape index (κ2) is 7.21. The van der Waals surface area contributed by atoms with E-state index in [-0.39, 0.29) is 11.9 Å². The molecule has 124 valence electrons. The summed E-state index contributed by atoms with van der Waals surface area (Å²) in [6.07, 6.45) is 8.75. The highest BCUT2D eigenvalue weighted by atomic mass is 16.1. The van der Waals surface area contributed by atoms with Crippen LogP contribution in [-0.4, -0.2) is 26.4 Å². The first-order valence-corrected chi connectivity index (χ1v) is 8.22. The van der Waals surface area contributed by atoms with Crippen LogP contribution < -0.4 is 5.32 Å². The number of carbonyl (C=O) groups excluding carboxylic acids is 1. The zero-order valence-corrected chi connectivity index (χ0v) is 13.9. The number of aromatic nitrogens is 3. The molecule has 0 radical (unpaired) electrons. The maximum absolute atomic E-state index is 11.9. The standard InChI is InChI=1S/C18H21N5O/c1-3-13(4-2)17(23-12-19-11-21-23)14-5-7-15(8-6-14)22-18(24)16-9-10-20-16/h5-13,17H,3-4H2,1-2H3,(H,22,24). The Kier molecular flexibility index (Phi) is 4.84. The van der Waals surface area contributed by atoms with Crippen molar-refractivity contribution in [1.29, 1.82) is 0 Å². The van der Waals surface area contributed by atoms with E-state index in [1.165, 1.54) is 0 Å². The first-order chi connectivity index (χ1) is 11.7. The molecule has 6 nitrogen and oxygen atoms in total. The second-order valence-electron chi connectivity index (χ2n) is 5.80. The molecule has 1 N–H and O–H groups in total. The Hall–Kier alpha value is -2.76. The van der Waals surface area contributed by atoms with Crippen LogP contribution in [0.15, 0.2) is 54.2 Å². The number of aliphatic imine (C=N–C) groups is 1. The molecule has 0 saturated carbocycles. The van der Waals surface area contributed by atoms with E-state index in [4.69, 9.17) is 0 Å². The van der Waals surface area contributed by atoms with Crippen molar-refractivity contribution < 1.29 is 4.79 Å². The molecule has 0 bridgehead atoms. The van der Waals surface area contributed by atoms with Gasteiger partial charge in [-0.3, -0.25) is 9.79 Å². The lowest BCUT2D eigenvalue weighted by atomic mass is 9.89. The molecule has 2 aromatic rings. The number of benzene rings is 1. The first-order valence-electron chi connectivity index (χ1n) is 8.22. The number of rotatable bonds is 7. The van der Waals surface area contributed by atoms with E-state index in [0.29, 0.717) is 11.6 Å². The largest absolute Gasteiger partial charge is 0.321 e. The molecule has 1 atom stereocenters. The number of hydrogen-bond acceptors (Lipinski definition) is 4. The van der Waals surface area contributed by atoms with Crippen molar-refractivity contribution in [2.45, 2.75) is 32.7 Å². The lowest BCUT2D eigenvalue weighted by molar-refractivity contribution is -0.110. The van der Waals surface area contributed by atoms with Gasteiger partial charge in [0.25, 0.3) is 5.91 Å². The third kappa shape index (κ3) is 3.27. The van der Waals surface area contributed by atoms with Gasteiger partial charge in [-0.25, -0.2) is 9.67 Å². The van der Waals surface area contributed by atoms with E-state index in [1.807, 2.05) is 28.9 Å². The lowest BCUT2D eigenvalue weighted by Crippen LogP contribution is -2.23. The third-order valence-corrected chi connectivity index (χ3v) is 4.41. The predicted molar refractivity (Wildman–Crippen MR) is 93.9 cm³/mol. The summed E-state index contributed by atoms with van der Waals surface area (Å²) < 4.78 is 1.92. The zero-order valence-electron chi connectivity index (χ0n) is 13.9. The summed E-state index contributed by atoms with van der Waals surface area (Å²) >= 11 is 0. The number of nitrogens with one attached hydrogen (secondary N) is 1. The van der Waals surface area contributed by atoms with E-state index >= 15 is 0 Å². The Morgan fingerprint density at radius 2 is 1.92 bits per heavy atom. The smallest absolute Gasteiger partial charge is 0.274 e. The molecule has 0 saturated heterocycles. The number of anilines is 1. The maximum atomic E-state index is 11.9. The molecule has 1 aliphatic heterocycles. The number of hydrogen-bond donors (Lipinski definition) is 1. The minimum absolute atomic E-state index is 0.145. The van der Waals surface area contributed by atoms with E-state index in [9.17, 15) is 4.79 Å². The highest BCUT2D eigenvalue weighted by Gasteiger charge is 2.23. The normalized spacial score (nSPS) is 14.2. The Bertz CT molecular complexity index is 742. The van der Waals surface area contributed by atoms with Gasteiger partial charge in [-0.2, -0.15) is 5.10 Å². The summed E-state index contributed by atoms with van der Waals surface area (Å²) in [7, 11) is 0. The van der Waals surface area contributed by atoms with Crippen LogP contribution in [0.3, 0.4) is 0 Å². The van der Waals surface area contributed by atoms with E-state index < -0.39 is 0 Å². The highest BCUT2D eigenvalue weighted by molar-refractivity contribution is 6.48. The first kappa shape index (κ1) is 16.1. The number of amides is 1. The third-order valence-electron chi connectivity index (χ3n) is 4.41. The number of nitrogens with zero attached hydrogens (tertiary/aromatic N) is 4. The molecule has 1 aromatic heterocycles. The summed E-state index contributed by atoms with van der Waals surface area (Å²) in [5.74, 6) is 0.291. The molecule has 0 fully saturated rings. The fourth-order valence-electron chi connectivity index (χ4n) is 2.98. The van der Waals surface area contributed by atoms with Crippen LogP contribution in [0, 0.1) is 5.92 Å². The Morgan fingerprint density at radius 1 is 1.21 bits per heavy atom. The molecule has 2 heterocycles. The average Bonchev–Trinajstić information content (AvgIpc) is 3.05. The van der Waals surface area contributed by atoms with Gasteiger partial charge in [-0.1, -0.05) is 38.8 Å². The van der Waals surface area contributed by atoms with Gasteiger partial charge in [0.05, 0.1) is 6.04 Å². The van der Waals surface area contributed by atoms with Gasteiger partial charge in [0.15, 0.2) is 0 Å². The van der Waals surface area contributed by atoms with Gasteiger partial charge in [0, 0.05) is 11.9 Å². The zero-order chi connectivity index (χ0) is 16.9. The monoisotopic (exact) mass is 323 g/mol. The lowest BCUT2D eigenvalue weighted by Gasteiger charge is -2.26. The van der Waals surface area contributed by atoms with Crippen molar-refractivity contribution in [3.8, 4) is 0 Å². The van der Waals surface area contributed by atoms with Gasteiger partial charge in [-0.05, 0) is 29.7 Å². The Labute approximate surface area is 141 Å². The quantitative estimate of drug-likeness (QED) is 0.850. The van der Waals surface area contributed by atoms with Crippen LogP contribution in [0.4, 0.5) is 5.69 Å². The Morgan fingerprint density at radius 3 is 2.42 bits per heavy atom. The van der Waals surface area contributed by atoms with E-state index in [2.05, 4.69) is 34.2 Å². The summed E-state index contributed by atoms with van der Waals surface area (Å²) in [6.45, 7) is 4.39. The molecular weight excluding hydrogens is 302 g/mol. The molecule has 1 amide bonds. The van der Waals surface area contributed by atoms with Crippen LogP contribution in [0.25, 0.3) is 0 Å². The van der Waals surface area contributed by atoms with Crippen molar-refractivity contribution in [3.05, 3.63) is 54.8 Å². The van der Waals surface area contributed by atoms with Crippen LogP contribution in [0.5, 0.6) is 0 Å². The summed E-state index contributed by atoms with van der Waals surface area (Å²) in [5, 5.41) is 7.18. The molecule has 6 heteroatoms.